The molecule has 0 aromatic carbocycles. The van der Waals surface area contributed by atoms with Gasteiger partial charge in [-0.2, -0.15) is 11.8 Å². The van der Waals surface area contributed by atoms with Crippen molar-refractivity contribution >= 4 is 29.4 Å². The Labute approximate surface area is 151 Å². The van der Waals surface area contributed by atoms with Crippen LogP contribution in [0.15, 0.2) is 12.3 Å². The smallest absolute Gasteiger partial charge is 0.238 e. The summed E-state index contributed by atoms with van der Waals surface area (Å²) in [6.07, 6.45) is 0.0984. The van der Waals surface area contributed by atoms with Crippen LogP contribution in [0.25, 0.3) is 0 Å². The van der Waals surface area contributed by atoms with E-state index in [1.807, 2.05) is 0 Å². The number of ketones is 1. The summed E-state index contributed by atoms with van der Waals surface area (Å²) in [5.74, 6) is -0.828. The van der Waals surface area contributed by atoms with Crippen LogP contribution in [0.1, 0.15) is 26.2 Å². The molecule has 9 nitrogen and oxygen atoms in total. The summed E-state index contributed by atoms with van der Waals surface area (Å²) in [6, 6.07) is -1.92. The highest BCUT2D eigenvalue weighted by Gasteiger charge is 2.25. The van der Waals surface area contributed by atoms with Gasteiger partial charge >= 0.3 is 0 Å². The van der Waals surface area contributed by atoms with Crippen LogP contribution in [0.3, 0.4) is 0 Å². The second kappa shape index (κ2) is 12.7. The molecule has 2 unspecified atom stereocenters. The second-order valence-corrected chi connectivity index (χ2v) is 6.87. The summed E-state index contributed by atoms with van der Waals surface area (Å²) in [6.45, 7) is 5.03. The van der Waals surface area contributed by atoms with Crippen LogP contribution in [0.5, 0.6) is 0 Å². The van der Waals surface area contributed by atoms with Crippen LogP contribution >= 0.6 is 11.8 Å². The Morgan fingerprint density at radius 3 is 2.48 bits per heavy atom. The first-order chi connectivity index (χ1) is 11.7. The van der Waals surface area contributed by atoms with E-state index in [0.717, 1.165) is 0 Å². The highest BCUT2D eigenvalue weighted by atomic mass is 32.2. The number of Topliss-reactive ketones (excluding diaryl/α,β-unsaturated/α-hetero) is 1. The van der Waals surface area contributed by atoms with Crippen molar-refractivity contribution < 1.29 is 29.6 Å². The molecule has 0 fully saturated rings. The minimum absolute atomic E-state index is 0.101. The zero-order valence-electron chi connectivity index (χ0n) is 14.3. The highest BCUT2D eigenvalue weighted by molar-refractivity contribution is 7.99. The molecular weight excluding hydrogens is 350 g/mol. The number of carbonyl (C=O) groups is 3. The number of primary amides is 1. The lowest BCUT2D eigenvalue weighted by Crippen LogP contribution is -2.50. The Hall–Kier alpha value is -1.62. The molecule has 0 heterocycles. The Kier molecular flexibility index (Phi) is 11.9. The monoisotopic (exact) mass is 377 g/mol. The molecule has 144 valence electrons. The van der Waals surface area contributed by atoms with Gasteiger partial charge in [0.25, 0.3) is 0 Å². The minimum Gasteiger partial charge on any atom is -0.396 e. The van der Waals surface area contributed by atoms with Crippen molar-refractivity contribution in [3.8, 4) is 0 Å². The minimum atomic E-state index is -1.13. The Morgan fingerprint density at radius 2 is 1.96 bits per heavy atom. The van der Waals surface area contributed by atoms with Gasteiger partial charge in [0.15, 0.2) is 5.78 Å². The SMILES string of the molecule is C=C(CSCCC(NC(=O)[C@@H](N)CC(N)=O)C(=O)CC(C)CO)OO. The third-order valence-corrected chi connectivity index (χ3v) is 4.32. The van der Waals surface area contributed by atoms with E-state index in [-0.39, 0.29) is 36.9 Å². The van der Waals surface area contributed by atoms with Gasteiger partial charge < -0.3 is 26.8 Å². The zero-order chi connectivity index (χ0) is 19.4. The maximum atomic E-state index is 12.3. The second-order valence-electron chi connectivity index (χ2n) is 5.77. The third kappa shape index (κ3) is 10.8. The number of aliphatic hydroxyl groups is 1. The van der Waals surface area contributed by atoms with Crippen LogP contribution in [-0.2, 0) is 19.3 Å². The number of thioether (sulfide) groups is 1. The molecule has 0 aliphatic heterocycles. The zero-order valence-corrected chi connectivity index (χ0v) is 15.1. The number of hydrogen-bond donors (Lipinski definition) is 5. The molecule has 0 saturated heterocycles. The normalized spacial score (nSPS) is 14.2. The van der Waals surface area contributed by atoms with Gasteiger partial charge in [0.1, 0.15) is 5.76 Å². The molecule has 3 atom stereocenters. The van der Waals surface area contributed by atoms with Crippen LogP contribution in [0.4, 0.5) is 0 Å². The molecule has 0 aromatic heterocycles. The average Bonchev–Trinajstić information content (AvgIpc) is 2.55. The number of hydrogen-bond acceptors (Lipinski definition) is 8. The fraction of sp³-hybridized carbons (Fsp3) is 0.667. The maximum absolute atomic E-state index is 12.3. The van der Waals surface area contributed by atoms with Crippen LogP contribution in [-0.4, -0.2) is 58.2 Å². The van der Waals surface area contributed by atoms with E-state index >= 15 is 0 Å². The summed E-state index contributed by atoms with van der Waals surface area (Å²) < 4.78 is 0. The molecule has 0 aliphatic rings. The van der Waals surface area contributed by atoms with E-state index in [2.05, 4.69) is 16.8 Å². The molecule has 10 heteroatoms. The molecule has 25 heavy (non-hydrogen) atoms. The summed E-state index contributed by atoms with van der Waals surface area (Å²) >= 11 is 1.36. The predicted molar refractivity (Wildman–Crippen MR) is 94.4 cm³/mol. The number of nitrogens with one attached hydrogen (secondary N) is 1. The van der Waals surface area contributed by atoms with Crippen molar-refractivity contribution in [2.75, 3.05) is 18.1 Å². The fourth-order valence-corrected chi connectivity index (χ4v) is 2.69. The van der Waals surface area contributed by atoms with E-state index in [9.17, 15) is 14.4 Å². The van der Waals surface area contributed by atoms with E-state index in [0.29, 0.717) is 17.9 Å². The molecule has 7 N–H and O–H groups in total. The predicted octanol–water partition coefficient (Wildman–Crippen LogP) is -0.612. The van der Waals surface area contributed by atoms with Gasteiger partial charge in [-0.3, -0.25) is 14.4 Å². The van der Waals surface area contributed by atoms with Gasteiger partial charge in [-0.05, 0) is 18.1 Å². The molecule has 0 aromatic rings. The maximum Gasteiger partial charge on any atom is 0.238 e. The van der Waals surface area contributed by atoms with Gasteiger partial charge in [-0.25, -0.2) is 5.26 Å². The number of amides is 2. The van der Waals surface area contributed by atoms with Crippen molar-refractivity contribution in [1.82, 2.24) is 5.32 Å². The largest absolute Gasteiger partial charge is 0.396 e. The van der Waals surface area contributed by atoms with Gasteiger partial charge in [-0.1, -0.05) is 13.5 Å². The quantitative estimate of drug-likeness (QED) is 0.116. The standard InChI is InChI=1S/C15H27N3O6S/c1-9(7-19)5-13(20)12(3-4-25-8-10(2)24-23)18-15(22)11(16)6-14(17)21/h9,11-12,19,23H,2-8,16H2,1H3,(H2,17,21)(H,18,22)/t9?,11-,12?/m0/s1. The summed E-state index contributed by atoms with van der Waals surface area (Å²) in [4.78, 5) is 39.2. The number of carbonyl (C=O) groups excluding carboxylic acids is 3. The van der Waals surface area contributed by atoms with Gasteiger partial charge in [0.05, 0.1) is 24.3 Å². The van der Waals surface area contributed by atoms with Gasteiger partial charge in [-0.15, -0.1) is 0 Å². The lowest BCUT2D eigenvalue weighted by Gasteiger charge is -2.21. The fourth-order valence-electron chi connectivity index (χ4n) is 1.87. The summed E-state index contributed by atoms with van der Waals surface area (Å²) in [7, 11) is 0. The van der Waals surface area contributed by atoms with Crippen molar-refractivity contribution in [2.45, 2.75) is 38.3 Å². The van der Waals surface area contributed by atoms with Gasteiger partial charge in [0.2, 0.25) is 11.8 Å². The first kappa shape index (κ1) is 23.4. The summed E-state index contributed by atoms with van der Waals surface area (Å²) in [5, 5.41) is 20.0. The topological polar surface area (TPSA) is 165 Å². The van der Waals surface area contributed by atoms with Crippen molar-refractivity contribution in [3.05, 3.63) is 12.3 Å². The Morgan fingerprint density at radius 1 is 1.32 bits per heavy atom. The number of aliphatic hydroxyl groups excluding tert-OH is 1. The molecule has 2 amide bonds. The van der Waals surface area contributed by atoms with E-state index in [4.69, 9.17) is 21.8 Å². The molecular formula is C15H27N3O6S. The van der Waals surface area contributed by atoms with E-state index < -0.39 is 23.9 Å². The lowest BCUT2D eigenvalue weighted by atomic mass is 9.99. The first-order valence-corrected chi connectivity index (χ1v) is 8.91. The van der Waals surface area contributed by atoms with E-state index in [1.54, 1.807) is 6.92 Å². The van der Waals surface area contributed by atoms with Crippen LogP contribution in [0.2, 0.25) is 0 Å². The molecule has 0 bridgehead atoms. The molecule has 0 saturated carbocycles. The van der Waals surface area contributed by atoms with Gasteiger partial charge in [0, 0.05) is 13.0 Å². The number of rotatable bonds is 14. The molecule has 0 rings (SSSR count). The van der Waals surface area contributed by atoms with Crippen LogP contribution in [0, 0.1) is 5.92 Å². The third-order valence-electron chi connectivity index (χ3n) is 3.27. The van der Waals surface area contributed by atoms with E-state index in [1.165, 1.54) is 11.8 Å². The Balaban J connectivity index is 4.71. The van der Waals surface area contributed by atoms with Crippen LogP contribution < -0.4 is 16.8 Å². The molecule has 0 radical (unpaired) electrons. The van der Waals surface area contributed by atoms with Crippen molar-refractivity contribution in [2.24, 2.45) is 17.4 Å². The average molecular weight is 377 g/mol. The van der Waals surface area contributed by atoms with Crippen molar-refractivity contribution in [1.29, 1.82) is 0 Å². The molecule has 0 aliphatic carbocycles. The van der Waals surface area contributed by atoms with Crippen molar-refractivity contribution in [3.63, 3.8) is 0 Å². The number of nitrogens with two attached hydrogens (primary N) is 2. The summed E-state index contributed by atoms with van der Waals surface area (Å²) in [5.41, 5.74) is 10.6. The highest BCUT2D eigenvalue weighted by Crippen LogP contribution is 2.13. The first-order valence-electron chi connectivity index (χ1n) is 7.76. The Bertz CT molecular complexity index is 474. The lowest BCUT2D eigenvalue weighted by molar-refractivity contribution is -0.201. The molecule has 0 spiro atoms.